The van der Waals surface area contributed by atoms with Gasteiger partial charge in [-0.3, -0.25) is 0 Å². The topological polar surface area (TPSA) is 42.4 Å². The Balaban J connectivity index is 1.71. The van der Waals surface area contributed by atoms with Crippen LogP contribution in [0.2, 0.25) is 0 Å². The van der Waals surface area contributed by atoms with Gasteiger partial charge in [0.15, 0.2) is 0 Å². The molecule has 1 aromatic heterocycles. The smallest absolute Gasteiger partial charge is 0.119 e. The van der Waals surface area contributed by atoms with E-state index >= 15 is 0 Å². The van der Waals surface area contributed by atoms with Crippen molar-refractivity contribution in [3.63, 3.8) is 0 Å². The van der Waals surface area contributed by atoms with Crippen LogP contribution in [0.1, 0.15) is 36.4 Å². The SMILES string of the molecule is Cc1csc(COC2CCC(CO)CC2)n1. The Morgan fingerprint density at radius 3 is 2.75 bits per heavy atom. The lowest BCUT2D eigenvalue weighted by molar-refractivity contribution is 0.00111. The molecule has 1 fully saturated rings. The molecule has 16 heavy (non-hydrogen) atoms. The normalized spacial score (nSPS) is 25.9. The summed E-state index contributed by atoms with van der Waals surface area (Å²) in [4.78, 5) is 4.38. The third-order valence-corrected chi connectivity index (χ3v) is 4.10. The maximum atomic E-state index is 9.04. The monoisotopic (exact) mass is 241 g/mol. The molecule has 0 spiro atoms. The second-order valence-corrected chi connectivity index (χ2v) is 5.46. The summed E-state index contributed by atoms with van der Waals surface area (Å²) < 4.78 is 5.84. The predicted molar refractivity (Wildman–Crippen MR) is 64.5 cm³/mol. The van der Waals surface area contributed by atoms with Gasteiger partial charge in [0.2, 0.25) is 0 Å². The highest BCUT2D eigenvalue weighted by Gasteiger charge is 2.21. The number of thiazole rings is 1. The van der Waals surface area contributed by atoms with Crippen molar-refractivity contribution in [2.75, 3.05) is 6.61 Å². The van der Waals surface area contributed by atoms with Crippen LogP contribution in [0.15, 0.2) is 5.38 Å². The fraction of sp³-hybridized carbons (Fsp3) is 0.750. The summed E-state index contributed by atoms with van der Waals surface area (Å²) in [6.45, 7) is 2.98. The van der Waals surface area contributed by atoms with E-state index in [-0.39, 0.29) is 0 Å². The molecular weight excluding hydrogens is 222 g/mol. The maximum Gasteiger partial charge on any atom is 0.119 e. The van der Waals surface area contributed by atoms with Crippen molar-refractivity contribution in [1.29, 1.82) is 0 Å². The minimum Gasteiger partial charge on any atom is -0.396 e. The minimum atomic E-state index is 0.332. The molecule has 1 saturated carbocycles. The quantitative estimate of drug-likeness (QED) is 0.880. The van der Waals surface area contributed by atoms with E-state index < -0.39 is 0 Å². The van der Waals surface area contributed by atoms with Crippen LogP contribution in [-0.4, -0.2) is 22.8 Å². The number of hydrogen-bond acceptors (Lipinski definition) is 4. The van der Waals surface area contributed by atoms with Crippen molar-refractivity contribution >= 4 is 11.3 Å². The van der Waals surface area contributed by atoms with E-state index in [9.17, 15) is 0 Å². The van der Waals surface area contributed by atoms with Crippen LogP contribution in [0.5, 0.6) is 0 Å². The fourth-order valence-electron chi connectivity index (χ4n) is 2.14. The molecule has 0 aromatic carbocycles. The number of nitrogens with zero attached hydrogens (tertiary/aromatic N) is 1. The maximum absolute atomic E-state index is 9.04. The third-order valence-electron chi connectivity index (χ3n) is 3.16. The van der Waals surface area contributed by atoms with Gasteiger partial charge in [0.25, 0.3) is 0 Å². The zero-order valence-corrected chi connectivity index (χ0v) is 10.5. The van der Waals surface area contributed by atoms with Crippen molar-refractivity contribution in [3.8, 4) is 0 Å². The molecule has 1 heterocycles. The summed E-state index contributed by atoms with van der Waals surface area (Å²) in [5, 5.41) is 12.2. The Kier molecular flexibility index (Phi) is 4.32. The van der Waals surface area contributed by atoms with E-state index in [0.717, 1.165) is 36.4 Å². The molecule has 0 aliphatic heterocycles. The number of hydrogen-bond donors (Lipinski definition) is 1. The van der Waals surface area contributed by atoms with Crippen LogP contribution in [0, 0.1) is 12.8 Å². The predicted octanol–water partition coefficient (Wildman–Crippen LogP) is 2.52. The van der Waals surface area contributed by atoms with Gasteiger partial charge in [-0.15, -0.1) is 11.3 Å². The number of aliphatic hydroxyl groups excluding tert-OH is 1. The van der Waals surface area contributed by atoms with Gasteiger partial charge in [0, 0.05) is 17.7 Å². The van der Waals surface area contributed by atoms with Crippen LogP contribution >= 0.6 is 11.3 Å². The Hall–Kier alpha value is -0.450. The van der Waals surface area contributed by atoms with Crippen molar-refractivity contribution < 1.29 is 9.84 Å². The first-order valence-corrected chi connectivity index (χ1v) is 6.79. The summed E-state index contributed by atoms with van der Waals surface area (Å²) in [6, 6.07) is 0. The molecule has 4 heteroatoms. The fourth-order valence-corrected chi connectivity index (χ4v) is 2.83. The second-order valence-electron chi connectivity index (χ2n) is 4.52. The highest BCUT2D eigenvalue weighted by Crippen LogP contribution is 2.26. The molecule has 0 amide bonds. The Morgan fingerprint density at radius 2 is 2.19 bits per heavy atom. The number of ether oxygens (including phenoxy) is 1. The van der Waals surface area contributed by atoms with Crippen LogP contribution in [0.25, 0.3) is 0 Å². The third kappa shape index (κ3) is 3.27. The molecule has 2 rings (SSSR count). The highest BCUT2D eigenvalue weighted by molar-refractivity contribution is 7.09. The average Bonchev–Trinajstić information content (AvgIpc) is 2.73. The lowest BCUT2D eigenvalue weighted by Crippen LogP contribution is -2.23. The van der Waals surface area contributed by atoms with Crippen molar-refractivity contribution in [3.05, 3.63) is 16.1 Å². The summed E-state index contributed by atoms with van der Waals surface area (Å²) in [6.07, 6.45) is 4.72. The zero-order valence-electron chi connectivity index (χ0n) is 9.69. The van der Waals surface area contributed by atoms with Crippen LogP contribution < -0.4 is 0 Å². The van der Waals surface area contributed by atoms with E-state index in [4.69, 9.17) is 9.84 Å². The summed E-state index contributed by atoms with van der Waals surface area (Å²) in [7, 11) is 0. The zero-order chi connectivity index (χ0) is 11.4. The molecular formula is C12H19NO2S. The molecule has 3 nitrogen and oxygen atoms in total. The summed E-state index contributed by atoms with van der Waals surface area (Å²) >= 11 is 1.67. The molecule has 0 unspecified atom stereocenters. The standard InChI is InChI=1S/C12H19NO2S/c1-9-8-16-12(13-9)7-15-11-4-2-10(6-14)3-5-11/h8,10-11,14H,2-7H2,1H3. The van der Waals surface area contributed by atoms with Crippen LogP contribution in [-0.2, 0) is 11.3 Å². The summed E-state index contributed by atoms with van der Waals surface area (Å²) in [5.41, 5.74) is 1.08. The molecule has 0 saturated heterocycles. The largest absolute Gasteiger partial charge is 0.396 e. The molecule has 1 aliphatic carbocycles. The van der Waals surface area contributed by atoms with E-state index in [1.807, 2.05) is 6.92 Å². The molecule has 1 N–H and O–H groups in total. The Morgan fingerprint density at radius 1 is 1.44 bits per heavy atom. The van der Waals surface area contributed by atoms with Gasteiger partial charge in [-0.25, -0.2) is 4.98 Å². The van der Waals surface area contributed by atoms with Gasteiger partial charge in [0.1, 0.15) is 5.01 Å². The number of rotatable bonds is 4. The Bertz CT molecular complexity index is 319. The first kappa shape index (κ1) is 12.0. The average molecular weight is 241 g/mol. The van der Waals surface area contributed by atoms with E-state index in [1.54, 1.807) is 11.3 Å². The van der Waals surface area contributed by atoms with Crippen molar-refractivity contribution in [2.24, 2.45) is 5.92 Å². The number of aromatic nitrogens is 1. The van der Waals surface area contributed by atoms with E-state index in [1.165, 1.54) is 0 Å². The molecule has 0 radical (unpaired) electrons. The molecule has 1 aliphatic rings. The molecule has 1 aromatic rings. The van der Waals surface area contributed by atoms with E-state index in [2.05, 4.69) is 10.4 Å². The summed E-state index contributed by atoms with van der Waals surface area (Å²) in [5.74, 6) is 0.502. The van der Waals surface area contributed by atoms with Gasteiger partial charge >= 0.3 is 0 Å². The first-order valence-electron chi connectivity index (χ1n) is 5.91. The molecule has 90 valence electrons. The van der Waals surface area contributed by atoms with Gasteiger partial charge < -0.3 is 9.84 Å². The lowest BCUT2D eigenvalue weighted by Gasteiger charge is -2.27. The second kappa shape index (κ2) is 5.75. The molecule has 0 bridgehead atoms. The van der Waals surface area contributed by atoms with Gasteiger partial charge in [-0.1, -0.05) is 0 Å². The van der Waals surface area contributed by atoms with Gasteiger partial charge in [-0.05, 0) is 38.5 Å². The van der Waals surface area contributed by atoms with Crippen LogP contribution in [0.3, 0.4) is 0 Å². The Labute approximate surface area is 100 Å². The van der Waals surface area contributed by atoms with Crippen LogP contribution in [0.4, 0.5) is 0 Å². The first-order chi connectivity index (χ1) is 7.78. The van der Waals surface area contributed by atoms with Crippen molar-refractivity contribution in [1.82, 2.24) is 4.98 Å². The van der Waals surface area contributed by atoms with Crippen molar-refractivity contribution in [2.45, 2.75) is 45.3 Å². The molecule has 0 atom stereocenters. The number of aliphatic hydroxyl groups is 1. The minimum absolute atomic E-state index is 0.332. The highest BCUT2D eigenvalue weighted by atomic mass is 32.1. The van der Waals surface area contributed by atoms with Gasteiger partial charge in [-0.2, -0.15) is 0 Å². The lowest BCUT2D eigenvalue weighted by atomic mass is 9.88. The van der Waals surface area contributed by atoms with Gasteiger partial charge in [0.05, 0.1) is 12.7 Å². The van der Waals surface area contributed by atoms with E-state index in [0.29, 0.717) is 25.2 Å². The number of aryl methyl sites for hydroxylation is 1.